The lowest BCUT2D eigenvalue weighted by Crippen LogP contribution is -2.23. The number of methoxy groups -OCH3 is 2. The van der Waals surface area contributed by atoms with Gasteiger partial charge >= 0.3 is 11.9 Å². The SMILES string of the molecule is C/C=C1\Oc2ccc(/C=C/C(=O)OC)cc2N=C1C(=O)OC. The number of esters is 2. The highest BCUT2D eigenvalue weighted by Gasteiger charge is 2.24. The maximum Gasteiger partial charge on any atom is 0.360 e. The summed E-state index contributed by atoms with van der Waals surface area (Å²) in [5.74, 6) is -0.161. The van der Waals surface area contributed by atoms with Crippen LogP contribution in [0.1, 0.15) is 12.5 Å². The number of benzene rings is 1. The summed E-state index contributed by atoms with van der Waals surface area (Å²) < 4.78 is 14.9. The molecule has 0 aromatic heterocycles. The first-order chi connectivity index (χ1) is 10.6. The van der Waals surface area contributed by atoms with Gasteiger partial charge in [0.05, 0.1) is 14.2 Å². The summed E-state index contributed by atoms with van der Waals surface area (Å²) in [5.41, 5.74) is 1.31. The quantitative estimate of drug-likeness (QED) is 0.633. The molecule has 0 spiro atoms. The van der Waals surface area contributed by atoms with E-state index in [9.17, 15) is 9.59 Å². The maximum atomic E-state index is 11.7. The van der Waals surface area contributed by atoms with Crippen LogP contribution in [0.25, 0.3) is 6.08 Å². The number of carbonyl (C=O) groups excluding carboxylic acids is 2. The Morgan fingerprint density at radius 3 is 2.64 bits per heavy atom. The molecular formula is C16H15NO5. The van der Waals surface area contributed by atoms with Crippen LogP contribution in [0, 0.1) is 0 Å². The highest BCUT2D eigenvalue weighted by atomic mass is 16.5. The Hall–Kier alpha value is -2.89. The fourth-order valence-electron chi connectivity index (χ4n) is 1.82. The molecule has 0 atom stereocenters. The van der Waals surface area contributed by atoms with Crippen molar-refractivity contribution in [1.82, 2.24) is 0 Å². The summed E-state index contributed by atoms with van der Waals surface area (Å²) in [4.78, 5) is 27.1. The van der Waals surface area contributed by atoms with Crippen molar-refractivity contribution in [2.45, 2.75) is 6.92 Å². The molecule has 1 aromatic rings. The molecule has 1 aliphatic heterocycles. The van der Waals surface area contributed by atoms with Crippen LogP contribution in [0.15, 0.2) is 41.1 Å². The minimum atomic E-state index is -0.575. The van der Waals surface area contributed by atoms with Gasteiger partial charge in [-0.25, -0.2) is 14.6 Å². The maximum absolute atomic E-state index is 11.7. The minimum Gasteiger partial charge on any atom is -0.466 e. The van der Waals surface area contributed by atoms with Crippen LogP contribution < -0.4 is 4.74 Å². The van der Waals surface area contributed by atoms with Crippen molar-refractivity contribution in [2.24, 2.45) is 4.99 Å². The van der Waals surface area contributed by atoms with Crippen LogP contribution in [-0.2, 0) is 19.1 Å². The minimum absolute atomic E-state index is 0.103. The Bertz CT molecular complexity index is 700. The van der Waals surface area contributed by atoms with Crippen molar-refractivity contribution >= 4 is 29.4 Å². The molecule has 0 unspecified atom stereocenters. The van der Waals surface area contributed by atoms with Crippen molar-refractivity contribution in [3.05, 3.63) is 41.7 Å². The molecule has 6 nitrogen and oxygen atoms in total. The van der Waals surface area contributed by atoms with Gasteiger partial charge in [-0.3, -0.25) is 0 Å². The molecule has 0 bridgehead atoms. The Labute approximate surface area is 127 Å². The highest BCUT2D eigenvalue weighted by Crippen LogP contribution is 2.35. The normalized spacial score (nSPS) is 15.0. The Balaban J connectivity index is 2.39. The van der Waals surface area contributed by atoms with E-state index in [2.05, 4.69) is 9.73 Å². The third-order valence-corrected chi connectivity index (χ3v) is 2.92. The number of ether oxygens (including phenoxy) is 3. The summed E-state index contributed by atoms with van der Waals surface area (Å²) in [6.45, 7) is 1.74. The second kappa shape index (κ2) is 6.71. The van der Waals surface area contributed by atoms with Gasteiger partial charge in [0, 0.05) is 6.08 Å². The van der Waals surface area contributed by atoms with Crippen molar-refractivity contribution in [3.63, 3.8) is 0 Å². The summed E-state index contributed by atoms with van der Waals surface area (Å²) in [7, 11) is 2.59. The number of nitrogens with zero attached hydrogens (tertiary/aromatic N) is 1. The van der Waals surface area contributed by atoms with Gasteiger partial charge in [-0.2, -0.15) is 0 Å². The van der Waals surface area contributed by atoms with Crippen molar-refractivity contribution in [3.8, 4) is 5.75 Å². The second-order valence-corrected chi connectivity index (χ2v) is 4.29. The molecule has 1 aromatic carbocycles. The molecule has 0 radical (unpaired) electrons. The van der Waals surface area contributed by atoms with Crippen LogP contribution in [0.2, 0.25) is 0 Å². The van der Waals surface area contributed by atoms with Gasteiger partial charge < -0.3 is 14.2 Å². The van der Waals surface area contributed by atoms with Crippen molar-refractivity contribution in [1.29, 1.82) is 0 Å². The molecule has 0 aliphatic carbocycles. The monoisotopic (exact) mass is 301 g/mol. The fourth-order valence-corrected chi connectivity index (χ4v) is 1.82. The summed E-state index contributed by atoms with van der Waals surface area (Å²) in [5, 5.41) is 0. The molecule has 0 N–H and O–H groups in total. The summed E-state index contributed by atoms with van der Waals surface area (Å²) in [6.07, 6.45) is 4.53. The van der Waals surface area contributed by atoms with Gasteiger partial charge in [0.2, 0.25) is 0 Å². The van der Waals surface area contributed by atoms with Gasteiger partial charge in [0.25, 0.3) is 0 Å². The van der Waals surface area contributed by atoms with E-state index < -0.39 is 11.9 Å². The average molecular weight is 301 g/mol. The fraction of sp³-hybridized carbons (Fsp3) is 0.188. The number of hydrogen-bond acceptors (Lipinski definition) is 6. The molecule has 0 saturated heterocycles. The predicted molar refractivity (Wildman–Crippen MR) is 81.0 cm³/mol. The summed E-state index contributed by atoms with van der Waals surface area (Å²) in [6, 6.07) is 5.18. The standard InChI is InChI=1S/C16H15NO5/c1-4-12-15(16(19)21-3)17-11-9-10(5-7-13(11)22-12)6-8-14(18)20-2/h4-9H,1-3H3/b8-6+,12-4-. The van der Waals surface area contributed by atoms with Gasteiger partial charge in [-0.1, -0.05) is 6.07 Å². The van der Waals surface area contributed by atoms with Crippen LogP contribution in [0.3, 0.4) is 0 Å². The van der Waals surface area contributed by atoms with E-state index in [4.69, 9.17) is 9.47 Å². The van der Waals surface area contributed by atoms with Gasteiger partial charge in [-0.15, -0.1) is 0 Å². The number of rotatable bonds is 3. The van der Waals surface area contributed by atoms with Crippen molar-refractivity contribution < 1.29 is 23.8 Å². The van der Waals surface area contributed by atoms with E-state index >= 15 is 0 Å². The molecule has 6 heteroatoms. The Morgan fingerprint density at radius 1 is 1.23 bits per heavy atom. The van der Waals surface area contributed by atoms with Gasteiger partial charge in [-0.05, 0) is 36.8 Å². The number of hydrogen-bond donors (Lipinski definition) is 0. The van der Waals surface area contributed by atoms with Crippen LogP contribution in [-0.4, -0.2) is 31.9 Å². The third kappa shape index (κ3) is 3.22. The first-order valence-corrected chi connectivity index (χ1v) is 6.50. The smallest absolute Gasteiger partial charge is 0.360 e. The lowest BCUT2D eigenvalue weighted by Gasteiger charge is -2.18. The molecule has 1 aliphatic rings. The lowest BCUT2D eigenvalue weighted by molar-refractivity contribution is -0.135. The second-order valence-electron chi connectivity index (χ2n) is 4.29. The number of allylic oxidation sites excluding steroid dienone is 1. The van der Waals surface area contributed by atoms with E-state index in [1.165, 1.54) is 20.3 Å². The molecule has 0 fully saturated rings. The van der Waals surface area contributed by atoms with E-state index in [1.54, 1.807) is 37.3 Å². The zero-order chi connectivity index (χ0) is 16.1. The van der Waals surface area contributed by atoms with E-state index in [0.717, 1.165) is 5.56 Å². The Kier molecular flexibility index (Phi) is 4.73. The largest absolute Gasteiger partial charge is 0.466 e. The first kappa shape index (κ1) is 15.5. The van der Waals surface area contributed by atoms with Crippen LogP contribution in [0.4, 0.5) is 5.69 Å². The average Bonchev–Trinajstić information content (AvgIpc) is 2.57. The molecule has 114 valence electrons. The zero-order valence-electron chi connectivity index (χ0n) is 12.5. The van der Waals surface area contributed by atoms with Gasteiger partial charge in [0.1, 0.15) is 5.69 Å². The predicted octanol–water partition coefficient (Wildman–Crippen LogP) is 2.41. The molecule has 2 rings (SSSR count). The molecule has 0 amide bonds. The zero-order valence-corrected chi connectivity index (χ0v) is 12.5. The van der Waals surface area contributed by atoms with E-state index in [1.807, 2.05) is 0 Å². The summed E-state index contributed by atoms with van der Waals surface area (Å²) >= 11 is 0. The Morgan fingerprint density at radius 2 is 2.00 bits per heavy atom. The van der Waals surface area contributed by atoms with E-state index in [0.29, 0.717) is 17.2 Å². The molecular weight excluding hydrogens is 286 g/mol. The topological polar surface area (TPSA) is 74.2 Å². The third-order valence-electron chi connectivity index (χ3n) is 2.92. The number of carbonyl (C=O) groups is 2. The van der Waals surface area contributed by atoms with Crippen LogP contribution in [0.5, 0.6) is 5.75 Å². The molecule has 22 heavy (non-hydrogen) atoms. The highest BCUT2D eigenvalue weighted by molar-refractivity contribution is 6.43. The van der Waals surface area contributed by atoms with Crippen LogP contribution >= 0.6 is 0 Å². The molecule has 1 heterocycles. The van der Waals surface area contributed by atoms with Crippen molar-refractivity contribution in [2.75, 3.05) is 14.2 Å². The number of fused-ring (bicyclic) bond motifs is 1. The molecule has 0 saturated carbocycles. The number of aliphatic imine (C=N–C) groups is 1. The van der Waals surface area contributed by atoms with Gasteiger partial charge in [0.15, 0.2) is 17.2 Å². The van der Waals surface area contributed by atoms with E-state index in [-0.39, 0.29) is 5.71 Å². The first-order valence-electron chi connectivity index (χ1n) is 6.50. The lowest BCUT2D eigenvalue weighted by atomic mass is 10.1.